The fraction of sp³-hybridized carbons (Fsp3) is 0.938. The molecule has 1 N–H and O–H groups in total. The van der Waals surface area contributed by atoms with E-state index in [-0.39, 0.29) is 31.5 Å². The molecule has 0 heterocycles. The third-order valence-electron chi connectivity index (χ3n) is 15.0. The monoisotopic (exact) mass is 1070 g/mol. The van der Waals surface area contributed by atoms with Crippen LogP contribution in [0.1, 0.15) is 335 Å². The minimum Gasteiger partial charge on any atom is -0.756 e. The average Bonchev–Trinajstić information content (AvgIpc) is 3.36. The third-order valence-corrected chi connectivity index (χ3v) is 15.9. The van der Waals surface area contributed by atoms with Gasteiger partial charge in [0.2, 0.25) is 5.91 Å². The second-order valence-electron chi connectivity index (χ2n) is 23.6. The van der Waals surface area contributed by atoms with Gasteiger partial charge in [0.25, 0.3) is 7.82 Å². The molecule has 0 bridgehead atoms. The molecule has 0 aromatic heterocycles. The highest BCUT2D eigenvalue weighted by Gasteiger charge is 2.27. The van der Waals surface area contributed by atoms with E-state index in [1.165, 1.54) is 244 Å². The summed E-state index contributed by atoms with van der Waals surface area (Å²) in [5, 5.41) is 3.04. The number of likely N-dealkylation sites (N-methyl/N-ethyl adjacent to an activating group) is 1. The molecule has 10 heteroatoms. The summed E-state index contributed by atoms with van der Waals surface area (Å²) in [5.41, 5.74) is 0. The zero-order valence-corrected chi connectivity index (χ0v) is 51.2. The maximum Gasteiger partial charge on any atom is 0.306 e. The lowest BCUT2D eigenvalue weighted by Crippen LogP contribution is -2.47. The lowest BCUT2D eigenvalue weighted by Gasteiger charge is -2.30. The topological polar surface area (TPSA) is 114 Å². The highest BCUT2D eigenvalue weighted by atomic mass is 31.2. The highest BCUT2D eigenvalue weighted by Crippen LogP contribution is 2.38. The first kappa shape index (κ1) is 72.8. The van der Waals surface area contributed by atoms with Gasteiger partial charge in [-0.3, -0.25) is 14.2 Å². The van der Waals surface area contributed by atoms with Crippen molar-refractivity contribution in [1.29, 1.82) is 0 Å². The number of hydrogen-bond donors (Lipinski definition) is 1. The quantitative estimate of drug-likeness (QED) is 0.0212. The summed E-state index contributed by atoms with van der Waals surface area (Å²) in [6.07, 6.45) is 63.1. The summed E-state index contributed by atoms with van der Waals surface area (Å²) in [6, 6.07) is -0.879. The van der Waals surface area contributed by atoms with Crippen molar-refractivity contribution in [3.8, 4) is 0 Å². The standard InChI is InChI=1S/C64H127N2O7P/c1-7-10-13-16-19-22-25-28-30-32-33-34-36-39-42-45-48-51-54-57-64(68)73-62(55-52-49-46-43-40-37-27-24-21-18-15-12-9-3)61(60-72-74(69,70)71-59-58-66(4,5)6)65-63(67)56-53-50-47-44-41-38-35-31-29-26-23-20-17-14-11-8-2/h52,55,61-62H,7-51,53-54,56-60H2,1-6H3,(H-,65,67,69,70)/b55-52+. The fourth-order valence-corrected chi connectivity index (χ4v) is 10.7. The first-order valence-corrected chi connectivity index (χ1v) is 34.0. The Hall–Kier alpha value is -1.25. The number of allylic oxidation sites excluding steroid dienone is 1. The van der Waals surface area contributed by atoms with Crippen LogP contribution in [0.15, 0.2) is 12.2 Å². The van der Waals surface area contributed by atoms with Gasteiger partial charge in [0.1, 0.15) is 19.3 Å². The third kappa shape index (κ3) is 55.5. The van der Waals surface area contributed by atoms with Crippen molar-refractivity contribution in [2.24, 2.45) is 0 Å². The summed E-state index contributed by atoms with van der Waals surface area (Å²) in [6.45, 7) is 6.91. The van der Waals surface area contributed by atoms with Gasteiger partial charge in [-0.2, -0.15) is 0 Å². The van der Waals surface area contributed by atoms with E-state index >= 15 is 0 Å². The molecule has 440 valence electrons. The molecule has 0 aliphatic rings. The van der Waals surface area contributed by atoms with Crippen molar-refractivity contribution in [2.75, 3.05) is 40.9 Å². The van der Waals surface area contributed by atoms with E-state index in [0.29, 0.717) is 17.4 Å². The fourth-order valence-electron chi connectivity index (χ4n) is 9.94. The van der Waals surface area contributed by atoms with Crippen LogP contribution in [-0.4, -0.2) is 69.4 Å². The predicted octanol–water partition coefficient (Wildman–Crippen LogP) is 19.3. The second kappa shape index (κ2) is 55.1. The van der Waals surface area contributed by atoms with E-state index in [2.05, 4.69) is 26.1 Å². The molecule has 0 rings (SSSR count). The number of phosphoric ester groups is 1. The summed E-state index contributed by atoms with van der Waals surface area (Å²) < 4.78 is 30.4. The van der Waals surface area contributed by atoms with Crippen molar-refractivity contribution in [3.63, 3.8) is 0 Å². The molecule has 0 spiro atoms. The number of rotatable bonds is 60. The first-order chi connectivity index (χ1) is 35.9. The van der Waals surface area contributed by atoms with Gasteiger partial charge in [-0.05, 0) is 31.8 Å². The number of nitrogens with zero attached hydrogens (tertiary/aromatic N) is 1. The van der Waals surface area contributed by atoms with Crippen LogP contribution in [-0.2, 0) is 27.9 Å². The van der Waals surface area contributed by atoms with E-state index < -0.39 is 20.0 Å². The average molecular weight is 1070 g/mol. The minimum absolute atomic E-state index is 0.0166. The van der Waals surface area contributed by atoms with Gasteiger partial charge in [-0.15, -0.1) is 0 Å². The number of nitrogens with one attached hydrogen (secondary N) is 1. The lowest BCUT2D eigenvalue weighted by atomic mass is 10.0. The number of hydrogen-bond acceptors (Lipinski definition) is 7. The van der Waals surface area contributed by atoms with Crippen molar-refractivity contribution < 1.29 is 37.3 Å². The number of ether oxygens (including phenoxy) is 1. The Morgan fingerprint density at radius 2 is 0.770 bits per heavy atom. The van der Waals surface area contributed by atoms with Crippen LogP contribution in [0, 0.1) is 0 Å². The molecule has 0 radical (unpaired) electrons. The van der Waals surface area contributed by atoms with Crippen molar-refractivity contribution >= 4 is 19.7 Å². The number of phosphoric acid groups is 1. The van der Waals surface area contributed by atoms with Crippen LogP contribution in [0.2, 0.25) is 0 Å². The van der Waals surface area contributed by atoms with Gasteiger partial charge in [0.05, 0.1) is 33.8 Å². The first-order valence-electron chi connectivity index (χ1n) is 32.5. The van der Waals surface area contributed by atoms with E-state index in [1.54, 1.807) is 0 Å². The van der Waals surface area contributed by atoms with Gasteiger partial charge in [-0.25, -0.2) is 0 Å². The van der Waals surface area contributed by atoms with Crippen molar-refractivity contribution in [2.45, 2.75) is 348 Å². The van der Waals surface area contributed by atoms with Gasteiger partial charge in [0, 0.05) is 12.8 Å². The molecule has 9 nitrogen and oxygen atoms in total. The predicted molar refractivity (Wildman–Crippen MR) is 317 cm³/mol. The summed E-state index contributed by atoms with van der Waals surface area (Å²) in [7, 11) is 1.21. The van der Waals surface area contributed by atoms with E-state index in [4.69, 9.17) is 13.8 Å². The van der Waals surface area contributed by atoms with Crippen LogP contribution in [0.4, 0.5) is 0 Å². The molecule has 3 atom stereocenters. The molecule has 0 aromatic rings. The van der Waals surface area contributed by atoms with Crippen molar-refractivity contribution in [1.82, 2.24) is 5.32 Å². The Labute approximate surface area is 461 Å². The Morgan fingerprint density at radius 3 is 1.11 bits per heavy atom. The van der Waals surface area contributed by atoms with Gasteiger partial charge < -0.3 is 28.5 Å². The van der Waals surface area contributed by atoms with E-state index in [0.717, 1.165) is 57.8 Å². The lowest BCUT2D eigenvalue weighted by molar-refractivity contribution is -0.870. The molecule has 0 aliphatic carbocycles. The van der Waals surface area contributed by atoms with Crippen LogP contribution in [0.5, 0.6) is 0 Å². The number of carbonyl (C=O) groups excluding carboxylic acids is 2. The number of quaternary nitrogens is 1. The Balaban J connectivity index is 5.19. The normalized spacial score (nSPS) is 13.7. The number of esters is 1. The molecule has 0 aromatic carbocycles. The van der Waals surface area contributed by atoms with E-state index in [1.807, 2.05) is 33.3 Å². The molecule has 1 amide bonds. The zero-order valence-electron chi connectivity index (χ0n) is 50.3. The molecule has 0 saturated heterocycles. The zero-order chi connectivity index (χ0) is 54.3. The smallest absolute Gasteiger partial charge is 0.306 e. The molecular formula is C64H127N2O7P. The summed E-state index contributed by atoms with van der Waals surface area (Å²) in [4.78, 5) is 40.0. The number of carbonyl (C=O) groups is 2. The van der Waals surface area contributed by atoms with Crippen LogP contribution in [0.25, 0.3) is 0 Å². The molecule has 0 aliphatic heterocycles. The number of unbranched alkanes of at least 4 members (excludes halogenated alkanes) is 44. The minimum atomic E-state index is -4.69. The second-order valence-corrected chi connectivity index (χ2v) is 25.0. The van der Waals surface area contributed by atoms with Crippen LogP contribution in [0.3, 0.4) is 0 Å². The molecular weight excluding hydrogens is 940 g/mol. The summed E-state index contributed by atoms with van der Waals surface area (Å²) >= 11 is 0. The highest BCUT2D eigenvalue weighted by molar-refractivity contribution is 7.45. The van der Waals surface area contributed by atoms with Gasteiger partial charge >= 0.3 is 5.97 Å². The van der Waals surface area contributed by atoms with Gasteiger partial charge in [-0.1, -0.05) is 303 Å². The Morgan fingerprint density at radius 1 is 0.459 bits per heavy atom. The Bertz CT molecular complexity index is 1270. The SMILES string of the molecule is CCCCCCCCCCCCC/C=C/C(OC(=O)CCCCCCCCCCCCCCCCCCCCC)C(COP(=O)([O-])OCC[N+](C)(C)C)NC(=O)CCCCCCCCCCCCCCCCCC. The largest absolute Gasteiger partial charge is 0.756 e. The van der Waals surface area contributed by atoms with E-state index in [9.17, 15) is 19.0 Å². The van der Waals surface area contributed by atoms with Gasteiger partial charge in [0.15, 0.2) is 0 Å². The molecule has 0 saturated carbocycles. The van der Waals surface area contributed by atoms with Crippen LogP contribution >= 0.6 is 7.82 Å². The van der Waals surface area contributed by atoms with Crippen molar-refractivity contribution in [3.05, 3.63) is 12.2 Å². The number of amides is 1. The Kier molecular flexibility index (Phi) is 54.1. The molecule has 3 unspecified atom stereocenters. The maximum atomic E-state index is 13.5. The molecule has 74 heavy (non-hydrogen) atoms. The van der Waals surface area contributed by atoms with Crippen LogP contribution < -0.4 is 10.2 Å². The molecule has 0 fully saturated rings. The maximum absolute atomic E-state index is 13.5. The summed E-state index contributed by atoms with van der Waals surface area (Å²) in [5.74, 6) is -0.517.